The average Bonchev–Trinajstić information content (AvgIpc) is 2.37. The summed E-state index contributed by atoms with van der Waals surface area (Å²) in [7, 11) is 0. The van der Waals surface area contributed by atoms with Crippen molar-refractivity contribution in [1.29, 1.82) is 0 Å². The van der Waals surface area contributed by atoms with Gasteiger partial charge in [-0.2, -0.15) is 0 Å². The second-order valence-corrected chi connectivity index (χ2v) is 4.30. The summed E-state index contributed by atoms with van der Waals surface area (Å²) in [6.45, 7) is 5.00. The van der Waals surface area contributed by atoms with Crippen molar-refractivity contribution in [3.63, 3.8) is 0 Å². The highest BCUT2D eigenvalue weighted by Gasteiger charge is 2.10. The van der Waals surface area contributed by atoms with E-state index in [1.54, 1.807) is 0 Å². The molecule has 0 saturated carbocycles. The van der Waals surface area contributed by atoms with Crippen molar-refractivity contribution in [3.8, 4) is 0 Å². The van der Waals surface area contributed by atoms with E-state index in [0.717, 1.165) is 24.1 Å². The van der Waals surface area contributed by atoms with Crippen LogP contribution in [-0.4, -0.2) is 6.61 Å². The van der Waals surface area contributed by atoms with Crippen LogP contribution < -0.4 is 5.73 Å². The molecule has 17 heavy (non-hydrogen) atoms. The maximum Gasteiger partial charge on any atom is 0.0802 e. The van der Waals surface area contributed by atoms with Crippen molar-refractivity contribution in [3.05, 3.63) is 42.0 Å². The Labute approximate surface area is 102 Å². The molecule has 2 N–H and O–H groups in total. The topological polar surface area (TPSA) is 35.2 Å². The minimum atomic E-state index is 0.112. The monoisotopic (exact) mass is 229 g/mol. The maximum atomic E-state index is 5.98. The van der Waals surface area contributed by atoms with Gasteiger partial charge in [0, 0.05) is 17.7 Å². The predicted octanol–water partition coefficient (Wildman–Crippen LogP) is 3.91. The van der Waals surface area contributed by atoms with Crippen LogP contribution in [0.4, 0.5) is 5.69 Å². The van der Waals surface area contributed by atoms with Gasteiger partial charge in [0.05, 0.1) is 6.10 Å². The largest absolute Gasteiger partial charge is 0.398 e. The number of nitrogens with two attached hydrogens (primary N) is 1. The van der Waals surface area contributed by atoms with Crippen LogP contribution in [0.3, 0.4) is 0 Å². The lowest BCUT2D eigenvalue weighted by Gasteiger charge is -2.16. The second kappa shape index (κ2) is 5.19. The third kappa shape index (κ3) is 2.42. The Balaban J connectivity index is 2.44. The predicted molar refractivity (Wildman–Crippen MR) is 73.0 cm³/mol. The SMILES string of the molecule is CCCOC(C)c1ccc(N)c2ccccc12. The molecule has 0 amide bonds. The van der Waals surface area contributed by atoms with Crippen LogP contribution in [0, 0.1) is 0 Å². The van der Waals surface area contributed by atoms with Gasteiger partial charge in [-0.05, 0) is 30.4 Å². The average molecular weight is 229 g/mol. The Morgan fingerprint density at radius 3 is 2.53 bits per heavy atom. The van der Waals surface area contributed by atoms with Crippen LogP contribution in [-0.2, 0) is 4.74 Å². The number of hydrogen-bond acceptors (Lipinski definition) is 2. The summed E-state index contributed by atoms with van der Waals surface area (Å²) >= 11 is 0. The number of nitrogen functional groups attached to an aromatic ring is 1. The molecule has 1 unspecified atom stereocenters. The van der Waals surface area contributed by atoms with Gasteiger partial charge in [0.2, 0.25) is 0 Å². The summed E-state index contributed by atoms with van der Waals surface area (Å²) in [6.07, 6.45) is 1.15. The molecule has 2 nitrogen and oxygen atoms in total. The molecule has 1 atom stereocenters. The van der Waals surface area contributed by atoms with Gasteiger partial charge < -0.3 is 10.5 Å². The van der Waals surface area contributed by atoms with Crippen LogP contribution in [0.1, 0.15) is 31.9 Å². The Kier molecular flexibility index (Phi) is 3.64. The lowest BCUT2D eigenvalue weighted by atomic mass is 10.00. The molecule has 2 aromatic carbocycles. The Morgan fingerprint density at radius 1 is 1.12 bits per heavy atom. The second-order valence-electron chi connectivity index (χ2n) is 4.30. The van der Waals surface area contributed by atoms with E-state index in [9.17, 15) is 0 Å². The lowest BCUT2D eigenvalue weighted by Crippen LogP contribution is -2.02. The van der Waals surface area contributed by atoms with Crippen LogP contribution in [0.5, 0.6) is 0 Å². The molecule has 0 spiro atoms. The van der Waals surface area contributed by atoms with Crippen molar-refractivity contribution in [2.75, 3.05) is 12.3 Å². The Hall–Kier alpha value is -1.54. The third-order valence-electron chi connectivity index (χ3n) is 3.00. The van der Waals surface area contributed by atoms with Gasteiger partial charge in [0.25, 0.3) is 0 Å². The number of fused-ring (bicyclic) bond motifs is 1. The van der Waals surface area contributed by atoms with E-state index >= 15 is 0 Å². The summed E-state index contributed by atoms with van der Waals surface area (Å²) < 4.78 is 5.78. The van der Waals surface area contributed by atoms with Gasteiger partial charge in [-0.15, -0.1) is 0 Å². The van der Waals surface area contributed by atoms with E-state index in [0.29, 0.717) is 0 Å². The zero-order chi connectivity index (χ0) is 12.3. The summed E-state index contributed by atoms with van der Waals surface area (Å²) in [4.78, 5) is 0. The summed E-state index contributed by atoms with van der Waals surface area (Å²) in [5, 5.41) is 2.30. The first-order chi connectivity index (χ1) is 8.24. The van der Waals surface area contributed by atoms with Crippen LogP contribution >= 0.6 is 0 Å². The number of ether oxygens (including phenoxy) is 1. The minimum Gasteiger partial charge on any atom is -0.398 e. The first kappa shape index (κ1) is 11.9. The van der Waals surface area contributed by atoms with E-state index in [-0.39, 0.29) is 6.10 Å². The molecule has 0 aliphatic rings. The fourth-order valence-corrected chi connectivity index (χ4v) is 2.08. The van der Waals surface area contributed by atoms with Crippen LogP contribution in [0.2, 0.25) is 0 Å². The molecule has 0 aromatic heterocycles. The summed E-state index contributed by atoms with van der Waals surface area (Å²) in [5.41, 5.74) is 8.02. The molecule has 0 radical (unpaired) electrons. The van der Waals surface area contributed by atoms with E-state index in [1.807, 2.05) is 18.2 Å². The molecule has 0 aliphatic carbocycles. The number of hydrogen-bond donors (Lipinski definition) is 1. The van der Waals surface area contributed by atoms with E-state index in [2.05, 4.69) is 32.0 Å². The van der Waals surface area contributed by atoms with Crippen molar-refractivity contribution in [1.82, 2.24) is 0 Å². The fourth-order valence-electron chi connectivity index (χ4n) is 2.08. The standard InChI is InChI=1S/C15H19NO/c1-3-10-17-11(2)12-8-9-15(16)14-7-5-4-6-13(12)14/h4-9,11H,3,10,16H2,1-2H3. The molecule has 0 heterocycles. The van der Waals surface area contributed by atoms with Gasteiger partial charge in [-0.3, -0.25) is 0 Å². The molecule has 2 aromatic rings. The quantitative estimate of drug-likeness (QED) is 0.807. The highest BCUT2D eigenvalue weighted by molar-refractivity contribution is 5.95. The summed E-state index contributed by atoms with van der Waals surface area (Å²) in [5.74, 6) is 0. The van der Waals surface area contributed by atoms with Gasteiger partial charge in [-0.25, -0.2) is 0 Å². The number of rotatable bonds is 4. The van der Waals surface area contributed by atoms with E-state index < -0.39 is 0 Å². The lowest BCUT2D eigenvalue weighted by molar-refractivity contribution is 0.0672. The zero-order valence-electron chi connectivity index (χ0n) is 10.4. The minimum absolute atomic E-state index is 0.112. The van der Waals surface area contributed by atoms with Crippen molar-refractivity contribution in [2.45, 2.75) is 26.4 Å². The van der Waals surface area contributed by atoms with Gasteiger partial charge in [0.15, 0.2) is 0 Å². The molecule has 2 rings (SSSR count). The fraction of sp³-hybridized carbons (Fsp3) is 0.333. The molecule has 90 valence electrons. The van der Waals surface area contributed by atoms with Gasteiger partial charge in [-0.1, -0.05) is 37.3 Å². The van der Waals surface area contributed by atoms with Gasteiger partial charge >= 0.3 is 0 Å². The van der Waals surface area contributed by atoms with Crippen molar-refractivity contribution >= 4 is 16.5 Å². The third-order valence-corrected chi connectivity index (χ3v) is 3.00. The molecule has 0 saturated heterocycles. The molecular weight excluding hydrogens is 210 g/mol. The Morgan fingerprint density at radius 2 is 1.82 bits per heavy atom. The first-order valence-electron chi connectivity index (χ1n) is 6.12. The van der Waals surface area contributed by atoms with E-state index in [4.69, 9.17) is 10.5 Å². The first-order valence-corrected chi connectivity index (χ1v) is 6.12. The van der Waals surface area contributed by atoms with Crippen LogP contribution in [0.25, 0.3) is 10.8 Å². The molecule has 0 bridgehead atoms. The number of benzene rings is 2. The van der Waals surface area contributed by atoms with Gasteiger partial charge in [0.1, 0.15) is 0 Å². The molecular formula is C15H19NO. The Bertz CT molecular complexity index is 507. The summed E-state index contributed by atoms with van der Waals surface area (Å²) in [6, 6.07) is 12.2. The smallest absolute Gasteiger partial charge is 0.0802 e. The van der Waals surface area contributed by atoms with Crippen molar-refractivity contribution in [2.24, 2.45) is 0 Å². The highest BCUT2D eigenvalue weighted by Crippen LogP contribution is 2.29. The normalized spacial score (nSPS) is 12.8. The molecule has 2 heteroatoms. The van der Waals surface area contributed by atoms with Crippen molar-refractivity contribution < 1.29 is 4.74 Å². The van der Waals surface area contributed by atoms with E-state index in [1.165, 1.54) is 10.9 Å². The number of anilines is 1. The zero-order valence-corrected chi connectivity index (χ0v) is 10.4. The molecule has 0 aliphatic heterocycles. The maximum absolute atomic E-state index is 5.98. The molecule has 0 fully saturated rings. The highest BCUT2D eigenvalue weighted by atomic mass is 16.5. The van der Waals surface area contributed by atoms with Crippen LogP contribution in [0.15, 0.2) is 36.4 Å².